The zero-order valence-corrected chi connectivity index (χ0v) is 21.4. The zero-order valence-electron chi connectivity index (χ0n) is 20.7. The summed E-state index contributed by atoms with van der Waals surface area (Å²) in [7, 11) is 3.26. The predicted octanol–water partition coefficient (Wildman–Crippen LogP) is 4.13. The first-order valence-corrected chi connectivity index (χ1v) is 11.9. The number of halogens is 1. The van der Waals surface area contributed by atoms with Crippen LogP contribution in [0.3, 0.4) is 0 Å². The first-order valence-electron chi connectivity index (χ1n) is 11.5. The van der Waals surface area contributed by atoms with Crippen molar-refractivity contribution >= 4 is 28.4 Å². The van der Waals surface area contributed by atoms with Crippen molar-refractivity contribution in [2.24, 2.45) is 0 Å². The number of fused-ring (bicyclic) bond motifs is 1. The third-order valence-corrected chi connectivity index (χ3v) is 6.12. The highest BCUT2D eigenvalue weighted by molar-refractivity contribution is 6.31. The Hall–Kier alpha value is -3.69. The van der Waals surface area contributed by atoms with Gasteiger partial charge in [-0.2, -0.15) is 5.10 Å². The quantitative estimate of drug-likeness (QED) is 0.362. The van der Waals surface area contributed by atoms with E-state index in [0.29, 0.717) is 45.4 Å². The van der Waals surface area contributed by atoms with E-state index in [0.717, 1.165) is 17.8 Å². The summed E-state index contributed by atoms with van der Waals surface area (Å²) >= 11 is 6.26. The van der Waals surface area contributed by atoms with Gasteiger partial charge in [-0.05, 0) is 50.2 Å². The summed E-state index contributed by atoms with van der Waals surface area (Å²) in [6, 6.07) is 10.4. The number of hydrogen-bond donors (Lipinski definition) is 1. The molecule has 4 aromatic rings. The van der Waals surface area contributed by atoms with Crippen LogP contribution in [0.5, 0.6) is 11.5 Å². The molecule has 0 spiro atoms. The van der Waals surface area contributed by atoms with Crippen molar-refractivity contribution in [3.05, 3.63) is 64.6 Å². The van der Waals surface area contributed by atoms with Gasteiger partial charge in [0.05, 0.1) is 25.4 Å². The molecule has 0 bridgehead atoms. The van der Waals surface area contributed by atoms with Gasteiger partial charge < -0.3 is 19.5 Å². The van der Waals surface area contributed by atoms with E-state index in [1.807, 2.05) is 18.5 Å². The Morgan fingerprint density at radius 1 is 1.17 bits per heavy atom. The SMILES string of the molecule is CCn1ncc(CN(C)C(=O)c2nc(-c3ccc(OCCO)c(OC)c3)nc3ccc(Cl)cc23)c1C. The Bertz CT molecular complexity index is 1400. The fraction of sp³-hybridized carbons (Fsp3) is 0.308. The van der Waals surface area contributed by atoms with E-state index >= 15 is 0 Å². The van der Waals surface area contributed by atoms with Gasteiger partial charge in [0, 0.05) is 47.4 Å². The number of hydrogen-bond acceptors (Lipinski definition) is 7. The van der Waals surface area contributed by atoms with Crippen LogP contribution in [0.4, 0.5) is 0 Å². The molecular weight excluding hydrogens is 482 g/mol. The Balaban J connectivity index is 1.75. The topological polar surface area (TPSA) is 103 Å². The van der Waals surface area contributed by atoms with E-state index in [1.165, 1.54) is 7.11 Å². The molecule has 4 rings (SSSR count). The van der Waals surface area contributed by atoms with Crippen molar-refractivity contribution in [2.45, 2.75) is 26.9 Å². The minimum absolute atomic E-state index is 0.112. The molecule has 2 aromatic carbocycles. The van der Waals surface area contributed by atoms with Gasteiger partial charge in [-0.3, -0.25) is 9.48 Å². The van der Waals surface area contributed by atoms with Gasteiger partial charge in [-0.25, -0.2) is 9.97 Å². The van der Waals surface area contributed by atoms with E-state index in [2.05, 4.69) is 15.1 Å². The maximum atomic E-state index is 13.6. The highest BCUT2D eigenvalue weighted by Gasteiger charge is 2.21. The number of aliphatic hydroxyl groups is 1. The number of rotatable bonds is 9. The summed E-state index contributed by atoms with van der Waals surface area (Å²) in [5.41, 5.74) is 3.48. The lowest BCUT2D eigenvalue weighted by atomic mass is 10.1. The number of nitrogens with zero attached hydrogens (tertiary/aromatic N) is 5. The van der Waals surface area contributed by atoms with Crippen molar-refractivity contribution in [3.8, 4) is 22.9 Å². The molecule has 0 fully saturated rings. The largest absolute Gasteiger partial charge is 0.493 e. The summed E-state index contributed by atoms with van der Waals surface area (Å²) in [4.78, 5) is 24.6. The molecular formula is C26H28ClN5O4. The van der Waals surface area contributed by atoms with Gasteiger partial charge in [0.15, 0.2) is 17.3 Å². The normalized spacial score (nSPS) is 11.1. The number of carbonyl (C=O) groups is 1. The molecule has 188 valence electrons. The minimum atomic E-state index is -0.260. The summed E-state index contributed by atoms with van der Waals surface area (Å²) in [5.74, 6) is 1.06. The molecule has 10 heteroatoms. The van der Waals surface area contributed by atoms with Crippen molar-refractivity contribution < 1.29 is 19.4 Å². The van der Waals surface area contributed by atoms with Crippen molar-refractivity contribution in [2.75, 3.05) is 27.4 Å². The lowest BCUT2D eigenvalue weighted by molar-refractivity contribution is 0.0781. The van der Waals surface area contributed by atoms with Crippen molar-refractivity contribution in [3.63, 3.8) is 0 Å². The number of benzene rings is 2. The molecule has 0 aliphatic heterocycles. The Kier molecular flexibility index (Phi) is 7.71. The first kappa shape index (κ1) is 25.4. The number of carbonyl (C=O) groups excluding carboxylic acids is 1. The Morgan fingerprint density at radius 3 is 2.67 bits per heavy atom. The lowest BCUT2D eigenvalue weighted by Gasteiger charge is -2.18. The number of amides is 1. The molecule has 1 N–H and O–H groups in total. The van der Waals surface area contributed by atoms with Crippen LogP contribution >= 0.6 is 11.6 Å². The van der Waals surface area contributed by atoms with Gasteiger partial charge in [-0.1, -0.05) is 11.6 Å². The third kappa shape index (κ3) is 5.12. The van der Waals surface area contributed by atoms with E-state index < -0.39 is 0 Å². The van der Waals surface area contributed by atoms with Crippen LogP contribution in [0.2, 0.25) is 5.02 Å². The van der Waals surface area contributed by atoms with E-state index in [-0.39, 0.29) is 24.8 Å². The summed E-state index contributed by atoms with van der Waals surface area (Å²) < 4.78 is 12.9. The molecule has 2 heterocycles. The molecule has 1 amide bonds. The number of ether oxygens (including phenoxy) is 2. The predicted molar refractivity (Wildman–Crippen MR) is 138 cm³/mol. The number of aliphatic hydroxyl groups excluding tert-OH is 1. The molecule has 0 saturated heterocycles. The van der Waals surface area contributed by atoms with Crippen molar-refractivity contribution in [1.82, 2.24) is 24.6 Å². The van der Waals surface area contributed by atoms with E-state index in [1.54, 1.807) is 54.5 Å². The average Bonchev–Trinajstić information content (AvgIpc) is 3.24. The van der Waals surface area contributed by atoms with Crippen LogP contribution < -0.4 is 9.47 Å². The second-order valence-corrected chi connectivity index (χ2v) is 8.66. The van der Waals surface area contributed by atoms with Gasteiger partial charge in [0.1, 0.15) is 12.3 Å². The molecule has 9 nitrogen and oxygen atoms in total. The van der Waals surface area contributed by atoms with Gasteiger partial charge in [-0.15, -0.1) is 0 Å². The fourth-order valence-corrected chi connectivity index (χ4v) is 4.11. The van der Waals surface area contributed by atoms with Gasteiger partial charge in [0.25, 0.3) is 5.91 Å². The Morgan fingerprint density at radius 2 is 1.97 bits per heavy atom. The van der Waals surface area contributed by atoms with Crippen LogP contribution in [0, 0.1) is 6.92 Å². The number of aryl methyl sites for hydroxylation is 1. The smallest absolute Gasteiger partial charge is 0.273 e. The number of aromatic nitrogens is 4. The molecule has 0 saturated carbocycles. The van der Waals surface area contributed by atoms with Crippen LogP contribution in [0.25, 0.3) is 22.3 Å². The average molecular weight is 510 g/mol. The van der Waals surface area contributed by atoms with Crippen molar-refractivity contribution in [1.29, 1.82) is 0 Å². The van der Waals surface area contributed by atoms with E-state index in [9.17, 15) is 4.79 Å². The van der Waals surface area contributed by atoms with Gasteiger partial charge in [0.2, 0.25) is 0 Å². The van der Waals surface area contributed by atoms with Gasteiger partial charge >= 0.3 is 0 Å². The van der Waals surface area contributed by atoms with Crippen LogP contribution in [-0.2, 0) is 13.1 Å². The third-order valence-electron chi connectivity index (χ3n) is 5.89. The monoisotopic (exact) mass is 509 g/mol. The van der Waals surface area contributed by atoms with Crippen LogP contribution in [0.15, 0.2) is 42.6 Å². The maximum Gasteiger partial charge on any atom is 0.273 e. The summed E-state index contributed by atoms with van der Waals surface area (Å²) in [5, 5.41) is 14.5. The summed E-state index contributed by atoms with van der Waals surface area (Å²) in [6.07, 6.45) is 1.79. The van der Waals surface area contributed by atoms with Crippen LogP contribution in [-0.4, -0.2) is 63.0 Å². The first-order chi connectivity index (χ1) is 17.4. The fourth-order valence-electron chi connectivity index (χ4n) is 3.94. The molecule has 2 aromatic heterocycles. The Labute approximate surface area is 214 Å². The highest BCUT2D eigenvalue weighted by Crippen LogP contribution is 2.33. The molecule has 0 atom stereocenters. The standard InChI is InChI=1S/C26H28ClN5O4/c1-5-32-16(2)18(14-28-32)15-31(3)26(34)24-20-13-19(27)7-8-21(20)29-25(30-24)17-6-9-22(36-11-10-33)23(12-17)35-4/h6-9,12-14,33H,5,10-11,15H2,1-4H3. The molecule has 36 heavy (non-hydrogen) atoms. The molecule has 0 radical (unpaired) electrons. The second-order valence-electron chi connectivity index (χ2n) is 8.23. The molecule has 0 aliphatic rings. The van der Waals surface area contributed by atoms with E-state index in [4.69, 9.17) is 26.2 Å². The maximum absolute atomic E-state index is 13.6. The molecule has 0 aliphatic carbocycles. The van der Waals surface area contributed by atoms with Crippen LogP contribution in [0.1, 0.15) is 28.7 Å². The second kappa shape index (κ2) is 10.9. The minimum Gasteiger partial charge on any atom is -0.493 e. The molecule has 0 unspecified atom stereocenters. The highest BCUT2D eigenvalue weighted by atomic mass is 35.5. The number of methoxy groups -OCH3 is 1. The summed E-state index contributed by atoms with van der Waals surface area (Å²) in [6.45, 7) is 5.19. The zero-order chi connectivity index (χ0) is 25.8. The lowest BCUT2D eigenvalue weighted by Crippen LogP contribution is -2.27.